The van der Waals surface area contributed by atoms with Crippen LogP contribution in [0.25, 0.3) is 0 Å². The summed E-state index contributed by atoms with van der Waals surface area (Å²) in [6, 6.07) is 9.22. The molecule has 1 heterocycles. The number of nitrogens with two attached hydrogens (primary N) is 1. The zero-order chi connectivity index (χ0) is 13.8. The Morgan fingerprint density at radius 3 is 2.84 bits per heavy atom. The summed E-state index contributed by atoms with van der Waals surface area (Å²) >= 11 is 0. The first-order chi connectivity index (χ1) is 9.08. The first-order valence-electron chi connectivity index (χ1n) is 5.78. The van der Waals surface area contributed by atoms with Crippen molar-refractivity contribution in [1.29, 1.82) is 0 Å². The highest BCUT2D eigenvalue weighted by Crippen LogP contribution is 2.16. The van der Waals surface area contributed by atoms with Crippen molar-refractivity contribution in [3.05, 3.63) is 59.7 Å². The SMILES string of the molecule is CN(Cc1ccccn1)C(=O)c1cc(F)ccc1N. The lowest BCUT2D eigenvalue weighted by molar-refractivity contribution is 0.0784. The quantitative estimate of drug-likeness (QED) is 0.858. The molecule has 0 saturated carbocycles. The van der Waals surface area contributed by atoms with Crippen LogP contribution >= 0.6 is 0 Å². The molecule has 4 nitrogen and oxygen atoms in total. The molecule has 19 heavy (non-hydrogen) atoms. The van der Waals surface area contributed by atoms with Gasteiger partial charge in [-0.3, -0.25) is 9.78 Å². The van der Waals surface area contributed by atoms with E-state index in [1.807, 2.05) is 12.1 Å². The van der Waals surface area contributed by atoms with Crippen LogP contribution in [0.15, 0.2) is 42.6 Å². The van der Waals surface area contributed by atoms with Gasteiger partial charge in [-0.1, -0.05) is 6.07 Å². The summed E-state index contributed by atoms with van der Waals surface area (Å²) in [6.07, 6.45) is 1.66. The van der Waals surface area contributed by atoms with Crippen LogP contribution < -0.4 is 5.73 Å². The van der Waals surface area contributed by atoms with E-state index in [4.69, 9.17) is 5.73 Å². The number of benzene rings is 1. The third-order valence-electron chi connectivity index (χ3n) is 2.72. The molecule has 2 N–H and O–H groups in total. The van der Waals surface area contributed by atoms with Gasteiger partial charge in [-0.25, -0.2) is 4.39 Å². The largest absolute Gasteiger partial charge is 0.398 e. The molecule has 0 bridgehead atoms. The van der Waals surface area contributed by atoms with Crippen LogP contribution in [0, 0.1) is 5.82 Å². The van der Waals surface area contributed by atoms with E-state index in [0.29, 0.717) is 6.54 Å². The fourth-order valence-electron chi connectivity index (χ4n) is 1.73. The second kappa shape index (κ2) is 5.48. The first-order valence-corrected chi connectivity index (χ1v) is 5.78. The van der Waals surface area contributed by atoms with Crippen molar-refractivity contribution in [3.8, 4) is 0 Å². The van der Waals surface area contributed by atoms with Gasteiger partial charge in [-0.05, 0) is 30.3 Å². The Bertz CT molecular complexity index is 586. The highest BCUT2D eigenvalue weighted by Gasteiger charge is 2.16. The third-order valence-corrected chi connectivity index (χ3v) is 2.72. The Morgan fingerprint density at radius 2 is 2.16 bits per heavy atom. The van der Waals surface area contributed by atoms with Gasteiger partial charge in [0.25, 0.3) is 5.91 Å². The second-order valence-electron chi connectivity index (χ2n) is 4.21. The number of rotatable bonds is 3. The maximum Gasteiger partial charge on any atom is 0.256 e. The van der Waals surface area contributed by atoms with Gasteiger partial charge in [0.1, 0.15) is 5.82 Å². The Balaban J connectivity index is 2.17. The van der Waals surface area contributed by atoms with E-state index in [0.717, 1.165) is 11.8 Å². The average molecular weight is 259 g/mol. The minimum absolute atomic E-state index is 0.165. The molecule has 0 radical (unpaired) electrons. The van der Waals surface area contributed by atoms with Crippen LogP contribution in [0.4, 0.5) is 10.1 Å². The molecule has 0 atom stereocenters. The van der Waals surface area contributed by atoms with Crippen molar-refractivity contribution in [2.24, 2.45) is 0 Å². The van der Waals surface area contributed by atoms with Gasteiger partial charge in [0, 0.05) is 18.9 Å². The number of nitrogens with zero attached hydrogens (tertiary/aromatic N) is 2. The minimum atomic E-state index is -0.483. The Labute approximate surface area is 110 Å². The van der Waals surface area contributed by atoms with E-state index in [-0.39, 0.29) is 17.2 Å². The number of anilines is 1. The summed E-state index contributed by atoms with van der Waals surface area (Å²) in [7, 11) is 1.63. The van der Waals surface area contributed by atoms with E-state index in [1.54, 1.807) is 19.3 Å². The van der Waals surface area contributed by atoms with Gasteiger partial charge in [0.15, 0.2) is 0 Å². The summed E-state index contributed by atoms with van der Waals surface area (Å²) < 4.78 is 13.2. The molecule has 0 saturated heterocycles. The fourth-order valence-corrected chi connectivity index (χ4v) is 1.73. The number of halogens is 1. The first kappa shape index (κ1) is 13.0. The number of amides is 1. The molecule has 0 unspecified atom stereocenters. The van der Waals surface area contributed by atoms with Gasteiger partial charge in [0.2, 0.25) is 0 Å². The van der Waals surface area contributed by atoms with Crippen molar-refractivity contribution in [3.63, 3.8) is 0 Å². The lowest BCUT2D eigenvalue weighted by Crippen LogP contribution is -2.27. The van der Waals surface area contributed by atoms with Crippen LogP contribution in [0.5, 0.6) is 0 Å². The van der Waals surface area contributed by atoms with Gasteiger partial charge < -0.3 is 10.6 Å². The number of carbonyl (C=O) groups is 1. The molecule has 0 spiro atoms. The van der Waals surface area contributed by atoms with E-state index in [2.05, 4.69) is 4.98 Å². The molecule has 1 amide bonds. The zero-order valence-electron chi connectivity index (χ0n) is 10.5. The van der Waals surface area contributed by atoms with Crippen LogP contribution in [0.3, 0.4) is 0 Å². The molecule has 1 aromatic carbocycles. The van der Waals surface area contributed by atoms with Gasteiger partial charge in [-0.2, -0.15) is 0 Å². The van der Waals surface area contributed by atoms with Crippen LogP contribution in [-0.2, 0) is 6.54 Å². The summed E-state index contributed by atoms with van der Waals surface area (Å²) in [5, 5.41) is 0. The predicted octanol–water partition coefficient (Wildman–Crippen LogP) is 2.08. The van der Waals surface area contributed by atoms with Crippen molar-refractivity contribution in [2.45, 2.75) is 6.54 Å². The Kier molecular flexibility index (Phi) is 3.75. The maximum absolute atomic E-state index is 13.2. The van der Waals surface area contributed by atoms with Crippen molar-refractivity contribution in [2.75, 3.05) is 12.8 Å². The van der Waals surface area contributed by atoms with Crippen molar-refractivity contribution >= 4 is 11.6 Å². The third kappa shape index (κ3) is 3.07. The molecule has 98 valence electrons. The summed E-state index contributed by atoms with van der Waals surface area (Å²) in [5.41, 5.74) is 6.88. The monoisotopic (exact) mass is 259 g/mol. The summed E-state index contributed by atoms with van der Waals surface area (Å²) in [5.74, 6) is -0.813. The maximum atomic E-state index is 13.2. The van der Waals surface area contributed by atoms with Gasteiger partial charge in [-0.15, -0.1) is 0 Å². The molecule has 2 aromatic rings. The van der Waals surface area contributed by atoms with Crippen LogP contribution in [0.2, 0.25) is 0 Å². The molecular formula is C14H14FN3O. The molecule has 0 aliphatic carbocycles. The lowest BCUT2D eigenvalue weighted by atomic mass is 10.1. The molecule has 5 heteroatoms. The highest BCUT2D eigenvalue weighted by molar-refractivity contribution is 5.98. The predicted molar refractivity (Wildman–Crippen MR) is 70.8 cm³/mol. The average Bonchev–Trinajstić information content (AvgIpc) is 2.42. The van der Waals surface area contributed by atoms with Crippen LogP contribution in [-0.4, -0.2) is 22.8 Å². The van der Waals surface area contributed by atoms with E-state index in [9.17, 15) is 9.18 Å². The highest BCUT2D eigenvalue weighted by atomic mass is 19.1. The second-order valence-corrected chi connectivity index (χ2v) is 4.21. The van der Waals surface area contributed by atoms with Gasteiger partial charge >= 0.3 is 0 Å². The lowest BCUT2D eigenvalue weighted by Gasteiger charge is -2.17. The van der Waals surface area contributed by atoms with E-state index < -0.39 is 5.82 Å². The standard InChI is InChI=1S/C14H14FN3O/c1-18(9-11-4-2-3-7-17-11)14(19)12-8-10(15)5-6-13(12)16/h2-8H,9,16H2,1H3. The zero-order valence-corrected chi connectivity index (χ0v) is 10.5. The number of aromatic nitrogens is 1. The fraction of sp³-hybridized carbons (Fsp3) is 0.143. The Morgan fingerprint density at radius 1 is 1.37 bits per heavy atom. The smallest absolute Gasteiger partial charge is 0.256 e. The number of hydrogen-bond acceptors (Lipinski definition) is 3. The summed E-state index contributed by atoms with van der Waals surface area (Å²) in [6.45, 7) is 0.343. The number of hydrogen-bond donors (Lipinski definition) is 1. The molecule has 0 aliphatic heterocycles. The molecule has 0 fully saturated rings. The molecular weight excluding hydrogens is 245 g/mol. The normalized spacial score (nSPS) is 10.2. The molecule has 1 aromatic heterocycles. The van der Waals surface area contributed by atoms with Crippen molar-refractivity contribution < 1.29 is 9.18 Å². The Hall–Kier alpha value is -2.43. The van der Waals surface area contributed by atoms with E-state index >= 15 is 0 Å². The topological polar surface area (TPSA) is 59.2 Å². The molecule has 0 aliphatic rings. The van der Waals surface area contributed by atoms with Crippen LogP contribution in [0.1, 0.15) is 16.1 Å². The minimum Gasteiger partial charge on any atom is -0.398 e. The number of nitrogen functional groups attached to an aromatic ring is 1. The van der Waals surface area contributed by atoms with E-state index in [1.165, 1.54) is 17.0 Å². The number of carbonyl (C=O) groups excluding carboxylic acids is 1. The number of pyridine rings is 1. The summed E-state index contributed by atoms with van der Waals surface area (Å²) in [4.78, 5) is 17.8. The van der Waals surface area contributed by atoms with Gasteiger partial charge in [0.05, 0.1) is 17.8 Å². The molecule has 2 rings (SSSR count). The van der Waals surface area contributed by atoms with Crippen molar-refractivity contribution in [1.82, 2.24) is 9.88 Å².